The number of nitrogens with two attached hydrogens (primary N) is 1. The van der Waals surface area contributed by atoms with Crippen LogP contribution in [0.25, 0.3) is 0 Å². The first kappa shape index (κ1) is 11.0. The third-order valence-corrected chi connectivity index (χ3v) is 2.29. The first-order chi connectivity index (χ1) is 6.81. The highest BCUT2D eigenvalue weighted by molar-refractivity contribution is 5.29. The predicted molar refractivity (Wildman–Crippen MR) is 55.4 cm³/mol. The van der Waals surface area contributed by atoms with Gasteiger partial charge in [0.2, 0.25) is 0 Å². The van der Waals surface area contributed by atoms with Crippen LogP contribution in [0.4, 0.5) is 4.39 Å². The van der Waals surface area contributed by atoms with Gasteiger partial charge in [-0.3, -0.25) is 4.39 Å². The predicted octanol–water partition coefficient (Wildman–Crippen LogP) is 2.10. The standard InChI is InChI=1S/C11H16FNO/c1-14-11-4-2-9(3-5-11)10(8-12)6-7-13/h2-5,10H,6-8,13H2,1H3. The van der Waals surface area contributed by atoms with E-state index in [1.54, 1.807) is 7.11 Å². The van der Waals surface area contributed by atoms with Crippen molar-refractivity contribution < 1.29 is 9.13 Å². The minimum atomic E-state index is -0.358. The van der Waals surface area contributed by atoms with Crippen molar-refractivity contribution in [2.45, 2.75) is 12.3 Å². The van der Waals surface area contributed by atoms with Gasteiger partial charge in [-0.1, -0.05) is 12.1 Å². The van der Waals surface area contributed by atoms with E-state index >= 15 is 0 Å². The van der Waals surface area contributed by atoms with Crippen molar-refractivity contribution in [1.29, 1.82) is 0 Å². The first-order valence-corrected chi connectivity index (χ1v) is 4.71. The van der Waals surface area contributed by atoms with Crippen LogP contribution in [0.5, 0.6) is 5.75 Å². The molecule has 3 heteroatoms. The summed E-state index contributed by atoms with van der Waals surface area (Å²) in [6.45, 7) is 0.157. The quantitative estimate of drug-likeness (QED) is 0.784. The average molecular weight is 197 g/mol. The lowest BCUT2D eigenvalue weighted by atomic mass is 9.97. The lowest BCUT2D eigenvalue weighted by Gasteiger charge is -2.12. The number of ether oxygens (including phenoxy) is 1. The molecule has 2 nitrogen and oxygen atoms in total. The summed E-state index contributed by atoms with van der Waals surface area (Å²) in [4.78, 5) is 0. The van der Waals surface area contributed by atoms with Crippen molar-refractivity contribution in [2.24, 2.45) is 5.73 Å². The molecular weight excluding hydrogens is 181 g/mol. The molecule has 0 bridgehead atoms. The van der Waals surface area contributed by atoms with Gasteiger partial charge in [0.05, 0.1) is 13.8 Å². The van der Waals surface area contributed by atoms with Gasteiger partial charge in [0.25, 0.3) is 0 Å². The summed E-state index contributed by atoms with van der Waals surface area (Å²) in [7, 11) is 1.61. The minimum absolute atomic E-state index is 0.0779. The van der Waals surface area contributed by atoms with E-state index in [9.17, 15) is 4.39 Å². The zero-order valence-corrected chi connectivity index (χ0v) is 8.37. The fourth-order valence-electron chi connectivity index (χ4n) is 1.41. The third kappa shape index (κ3) is 2.70. The van der Waals surface area contributed by atoms with E-state index in [1.807, 2.05) is 24.3 Å². The molecule has 0 saturated carbocycles. The SMILES string of the molecule is COc1ccc(C(CF)CCN)cc1. The second-order valence-corrected chi connectivity index (χ2v) is 3.20. The Hall–Kier alpha value is -1.09. The maximum Gasteiger partial charge on any atom is 0.118 e. The van der Waals surface area contributed by atoms with Crippen molar-refractivity contribution in [3.63, 3.8) is 0 Å². The van der Waals surface area contributed by atoms with Gasteiger partial charge in [-0.05, 0) is 30.7 Å². The fraction of sp³-hybridized carbons (Fsp3) is 0.455. The Morgan fingerprint density at radius 2 is 2.00 bits per heavy atom. The smallest absolute Gasteiger partial charge is 0.118 e. The summed E-state index contributed by atoms with van der Waals surface area (Å²) in [5.41, 5.74) is 6.39. The number of halogens is 1. The molecule has 0 heterocycles. The van der Waals surface area contributed by atoms with Gasteiger partial charge < -0.3 is 10.5 Å². The number of alkyl halides is 1. The lowest BCUT2D eigenvalue weighted by molar-refractivity contribution is 0.409. The van der Waals surface area contributed by atoms with Crippen LogP contribution >= 0.6 is 0 Å². The molecule has 0 aliphatic carbocycles. The van der Waals surface area contributed by atoms with Gasteiger partial charge in [0, 0.05) is 5.92 Å². The first-order valence-electron chi connectivity index (χ1n) is 4.71. The molecule has 0 radical (unpaired) electrons. The topological polar surface area (TPSA) is 35.2 Å². The summed E-state index contributed by atoms with van der Waals surface area (Å²) < 4.78 is 17.6. The van der Waals surface area contributed by atoms with Crippen molar-refractivity contribution in [2.75, 3.05) is 20.3 Å². The molecule has 1 rings (SSSR count). The summed E-state index contributed by atoms with van der Waals surface area (Å²) >= 11 is 0. The second kappa shape index (κ2) is 5.60. The molecule has 14 heavy (non-hydrogen) atoms. The van der Waals surface area contributed by atoms with Gasteiger partial charge in [-0.25, -0.2) is 0 Å². The van der Waals surface area contributed by atoms with Crippen LogP contribution in [0.1, 0.15) is 17.9 Å². The highest BCUT2D eigenvalue weighted by atomic mass is 19.1. The van der Waals surface area contributed by atoms with E-state index in [-0.39, 0.29) is 12.6 Å². The molecule has 1 aromatic rings. The molecule has 0 saturated heterocycles. The largest absolute Gasteiger partial charge is 0.497 e. The van der Waals surface area contributed by atoms with Crippen molar-refractivity contribution in [3.05, 3.63) is 29.8 Å². The van der Waals surface area contributed by atoms with Gasteiger partial charge >= 0.3 is 0 Å². The zero-order chi connectivity index (χ0) is 10.4. The van der Waals surface area contributed by atoms with Crippen LogP contribution in [-0.4, -0.2) is 20.3 Å². The number of hydrogen-bond acceptors (Lipinski definition) is 2. The number of hydrogen-bond donors (Lipinski definition) is 1. The Labute approximate surface area is 83.9 Å². The van der Waals surface area contributed by atoms with Crippen molar-refractivity contribution in [1.82, 2.24) is 0 Å². The van der Waals surface area contributed by atoms with Crippen LogP contribution in [0.15, 0.2) is 24.3 Å². The highest BCUT2D eigenvalue weighted by Gasteiger charge is 2.09. The number of rotatable bonds is 5. The van der Waals surface area contributed by atoms with E-state index in [0.717, 1.165) is 11.3 Å². The van der Waals surface area contributed by atoms with Crippen LogP contribution in [0, 0.1) is 0 Å². The normalized spacial score (nSPS) is 12.5. The maximum atomic E-state index is 12.6. The molecule has 0 aromatic heterocycles. The lowest BCUT2D eigenvalue weighted by Crippen LogP contribution is -2.08. The molecule has 78 valence electrons. The van der Waals surface area contributed by atoms with Crippen LogP contribution in [-0.2, 0) is 0 Å². The molecular formula is C11H16FNO. The fourth-order valence-corrected chi connectivity index (χ4v) is 1.41. The Kier molecular flexibility index (Phi) is 4.40. The Morgan fingerprint density at radius 1 is 1.36 bits per heavy atom. The number of benzene rings is 1. The summed E-state index contributed by atoms with van der Waals surface area (Å²) in [6.07, 6.45) is 0.683. The molecule has 0 amide bonds. The van der Waals surface area contributed by atoms with Gasteiger partial charge in [0.1, 0.15) is 5.75 Å². The van der Waals surface area contributed by atoms with Crippen LogP contribution in [0.2, 0.25) is 0 Å². The van der Waals surface area contributed by atoms with Gasteiger partial charge in [0.15, 0.2) is 0 Å². The molecule has 0 aliphatic rings. The molecule has 0 aliphatic heterocycles. The molecule has 0 spiro atoms. The zero-order valence-electron chi connectivity index (χ0n) is 8.37. The highest BCUT2D eigenvalue weighted by Crippen LogP contribution is 2.22. The minimum Gasteiger partial charge on any atom is -0.497 e. The Bertz CT molecular complexity index is 260. The number of methoxy groups -OCH3 is 1. The van der Waals surface area contributed by atoms with Gasteiger partial charge in [-0.15, -0.1) is 0 Å². The van der Waals surface area contributed by atoms with E-state index in [4.69, 9.17) is 10.5 Å². The Balaban J connectivity index is 2.73. The third-order valence-electron chi connectivity index (χ3n) is 2.29. The molecule has 0 fully saturated rings. The van der Waals surface area contributed by atoms with E-state index < -0.39 is 0 Å². The maximum absolute atomic E-state index is 12.6. The second-order valence-electron chi connectivity index (χ2n) is 3.20. The van der Waals surface area contributed by atoms with Crippen LogP contribution < -0.4 is 10.5 Å². The van der Waals surface area contributed by atoms with E-state index in [1.165, 1.54) is 0 Å². The van der Waals surface area contributed by atoms with Crippen molar-refractivity contribution in [3.8, 4) is 5.75 Å². The molecule has 1 unspecified atom stereocenters. The molecule has 1 aromatic carbocycles. The Morgan fingerprint density at radius 3 is 2.43 bits per heavy atom. The van der Waals surface area contributed by atoms with Gasteiger partial charge in [-0.2, -0.15) is 0 Å². The summed E-state index contributed by atoms with van der Waals surface area (Å²) in [5.74, 6) is 0.713. The van der Waals surface area contributed by atoms with E-state index in [2.05, 4.69) is 0 Å². The average Bonchev–Trinajstić information content (AvgIpc) is 2.26. The molecule has 1 atom stereocenters. The molecule has 2 N–H and O–H groups in total. The van der Waals surface area contributed by atoms with Crippen molar-refractivity contribution >= 4 is 0 Å². The monoisotopic (exact) mass is 197 g/mol. The summed E-state index contributed by atoms with van der Waals surface area (Å²) in [5, 5.41) is 0. The van der Waals surface area contributed by atoms with E-state index in [0.29, 0.717) is 13.0 Å². The van der Waals surface area contributed by atoms with Crippen LogP contribution in [0.3, 0.4) is 0 Å². The summed E-state index contributed by atoms with van der Waals surface area (Å²) in [6, 6.07) is 7.46.